The lowest BCUT2D eigenvalue weighted by Gasteiger charge is -1.93. The van der Waals surface area contributed by atoms with Crippen LogP contribution in [0.3, 0.4) is 0 Å². The molecule has 1 aliphatic heterocycles. The highest BCUT2D eigenvalue weighted by atomic mass is 35.5. The summed E-state index contributed by atoms with van der Waals surface area (Å²) >= 11 is 0. The monoisotopic (exact) mass is 185 g/mol. The molecule has 0 amide bonds. The van der Waals surface area contributed by atoms with E-state index in [4.69, 9.17) is 4.74 Å². The van der Waals surface area contributed by atoms with Crippen LogP contribution in [-0.2, 0) is 0 Å². The van der Waals surface area contributed by atoms with E-state index in [1.54, 1.807) is 0 Å². The van der Waals surface area contributed by atoms with Crippen LogP contribution >= 0.6 is 0 Å². The van der Waals surface area contributed by atoms with Crippen LogP contribution in [0.2, 0.25) is 0 Å². The van der Waals surface area contributed by atoms with Crippen molar-refractivity contribution in [2.45, 2.75) is 13.3 Å². The molecule has 0 bridgehead atoms. The molecule has 1 aromatic carbocycles. The number of hydrogen-bond acceptors (Lipinski definition) is 1. The second kappa shape index (κ2) is 3.78. The van der Waals surface area contributed by atoms with Crippen LogP contribution < -0.4 is 22.5 Å². The Hall–Kier alpha value is -0.730. The molecule has 0 fully saturated rings. The molecule has 2 nitrogen and oxygen atoms in total. The molecule has 1 heterocycles. The van der Waals surface area contributed by atoms with Gasteiger partial charge in [0.15, 0.2) is 11.4 Å². The van der Waals surface area contributed by atoms with Gasteiger partial charge in [0.25, 0.3) is 0 Å². The van der Waals surface area contributed by atoms with Crippen LogP contribution in [0.1, 0.15) is 13.3 Å². The van der Waals surface area contributed by atoms with Gasteiger partial charge in [0.1, 0.15) is 0 Å². The number of hydrogen-bond donors (Lipinski definition) is 1. The minimum absolute atomic E-state index is 0. The second-order valence-corrected chi connectivity index (χ2v) is 2.77. The van der Waals surface area contributed by atoms with Gasteiger partial charge < -0.3 is 22.5 Å². The number of halogens is 1. The first kappa shape index (κ1) is 9.36. The number of para-hydroxylation sites is 1. The van der Waals surface area contributed by atoms with E-state index in [-0.39, 0.29) is 12.4 Å². The van der Waals surface area contributed by atoms with Crippen molar-refractivity contribution in [3.8, 4) is 11.5 Å². The van der Waals surface area contributed by atoms with Crippen molar-refractivity contribution in [3.63, 3.8) is 0 Å². The fourth-order valence-corrected chi connectivity index (χ4v) is 1.17. The van der Waals surface area contributed by atoms with E-state index < -0.39 is 0 Å². The van der Waals surface area contributed by atoms with Gasteiger partial charge in [-0.1, -0.05) is 13.0 Å². The zero-order chi connectivity index (χ0) is 7.68. The lowest BCUT2D eigenvalue weighted by Crippen LogP contribution is -3.00. The van der Waals surface area contributed by atoms with Crippen molar-refractivity contribution in [1.29, 1.82) is 0 Å². The molecule has 0 saturated carbocycles. The Morgan fingerprint density at radius 3 is 3.00 bits per heavy atom. The predicted octanol–water partition coefficient (Wildman–Crippen LogP) is -1.60. The van der Waals surface area contributed by atoms with E-state index in [0.29, 0.717) is 0 Å². The topological polar surface area (TPSA) is 29.1 Å². The first-order chi connectivity index (χ1) is 5.42. The molecule has 0 aliphatic carbocycles. The molecule has 2 N–H and O–H groups in total. The summed E-state index contributed by atoms with van der Waals surface area (Å²) in [6, 6.07) is 6.13. The highest BCUT2D eigenvalue weighted by Crippen LogP contribution is 2.48. The van der Waals surface area contributed by atoms with E-state index in [1.807, 2.05) is 12.1 Å². The fraction of sp³-hybridized carbons (Fsp3) is 0.333. The van der Waals surface area contributed by atoms with E-state index in [1.165, 1.54) is 12.1 Å². The maximum absolute atomic E-state index is 5.23. The van der Waals surface area contributed by atoms with E-state index in [0.717, 1.165) is 18.0 Å². The van der Waals surface area contributed by atoms with Crippen LogP contribution in [0.25, 0.3) is 0 Å². The molecular weight excluding hydrogens is 174 g/mol. The molecule has 12 heavy (non-hydrogen) atoms. The average Bonchev–Trinajstić information content (AvgIpc) is 2.79. The number of quaternary nitrogens is 1. The summed E-state index contributed by atoms with van der Waals surface area (Å²) in [5.41, 5.74) is 1.25. The van der Waals surface area contributed by atoms with Gasteiger partial charge in [-0.15, -0.1) is 0 Å². The Labute approximate surface area is 78.3 Å². The van der Waals surface area contributed by atoms with Crippen LogP contribution in [-0.4, -0.2) is 6.54 Å². The molecule has 0 saturated heterocycles. The quantitative estimate of drug-likeness (QED) is 0.453. The van der Waals surface area contributed by atoms with E-state index in [2.05, 4.69) is 18.3 Å². The summed E-state index contributed by atoms with van der Waals surface area (Å²) in [5, 5.41) is 2.23. The Balaban J connectivity index is 0.000000720. The first-order valence-electron chi connectivity index (χ1n) is 4.06. The van der Waals surface area contributed by atoms with Gasteiger partial charge in [-0.2, -0.15) is 0 Å². The minimum Gasteiger partial charge on any atom is -1.00 e. The fourth-order valence-electron chi connectivity index (χ4n) is 1.17. The first-order valence-corrected chi connectivity index (χ1v) is 4.06. The average molecular weight is 186 g/mol. The van der Waals surface area contributed by atoms with E-state index in [9.17, 15) is 0 Å². The lowest BCUT2D eigenvalue weighted by molar-refractivity contribution is -0.571. The van der Waals surface area contributed by atoms with Crippen molar-refractivity contribution in [2.75, 3.05) is 6.54 Å². The molecule has 1 aromatic rings. The molecule has 66 valence electrons. The zero-order valence-electron chi connectivity index (χ0n) is 7.01. The summed E-state index contributed by atoms with van der Waals surface area (Å²) in [6.07, 6.45) is 1.20. The predicted molar refractivity (Wildman–Crippen MR) is 43.3 cm³/mol. The maximum Gasteiger partial charge on any atom is 0.230 e. The molecule has 0 aromatic heterocycles. The van der Waals surface area contributed by atoms with Gasteiger partial charge in [0.2, 0.25) is 5.75 Å². The molecule has 0 unspecified atom stereocenters. The van der Waals surface area contributed by atoms with Crippen LogP contribution in [0, 0.1) is 0 Å². The number of fused-ring (bicyclic) bond motifs is 1. The Morgan fingerprint density at radius 2 is 2.25 bits per heavy atom. The van der Waals surface area contributed by atoms with Crippen molar-refractivity contribution in [3.05, 3.63) is 18.2 Å². The summed E-state index contributed by atoms with van der Waals surface area (Å²) in [7, 11) is 0. The third-order valence-corrected chi connectivity index (χ3v) is 1.83. The second-order valence-electron chi connectivity index (χ2n) is 2.77. The van der Waals surface area contributed by atoms with Crippen LogP contribution in [0.15, 0.2) is 18.2 Å². The normalized spacial score (nSPS) is 11.1. The number of benzene rings is 1. The largest absolute Gasteiger partial charge is 1.00 e. The lowest BCUT2D eigenvalue weighted by atomic mass is 10.3. The summed E-state index contributed by atoms with van der Waals surface area (Å²) in [5.74, 6) is 2.14. The van der Waals surface area contributed by atoms with Gasteiger partial charge in [0.05, 0.1) is 6.54 Å². The SMILES string of the molecule is CCC[NH2+]c1cccc2c1O2.[Cl-]. The van der Waals surface area contributed by atoms with Gasteiger partial charge in [-0.05, 0) is 12.5 Å². The third kappa shape index (κ3) is 1.71. The molecule has 3 heteroatoms. The van der Waals surface area contributed by atoms with E-state index >= 15 is 0 Å². The van der Waals surface area contributed by atoms with Gasteiger partial charge >= 0.3 is 0 Å². The molecule has 0 atom stereocenters. The van der Waals surface area contributed by atoms with Crippen molar-refractivity contribution < 1.29 is 22.5 Å². The highest BCUT2D eigenvalue weighted by molar-refractivity contribution is 5.65. The number of nitrogens with two attached hydrogens (primary N) is 1. The Kier molecular flexibility index (Phi) is 2.95. The summed E-state index contributed by atoms with van der Waals surface area (Å²) < 4.78 is 5.23. The van der Waals surface area contributed by atoms with Gasteiger partial charge in [-0.25, -0.2) is 0 Å². The van der Waals surface area contributed by atoms with Crippen molar-refractivity contribution in [2.24, 2.45) is 0 Å². The minimum atomic E-state index is 0. The molecular formula is C9H12ClNO. The van der Waals surface area contributed by atoms with Gasteiger partial charge in [0, 0.05) is 6.07 Å². The number of ether oxygens (including phenoxy) is 1. The van der Waals surface area contributed by atoms with Gasteiger partial charge in [-0.3, -0.25) is 0 Å². The molecule has 2 rings (SSSR count). The van der Waals surface area contributed by atoms with Crippen molar-refractivity contribution in [1.82, 2.24) is 0 Å². The van der Waals surface area contributed by atoms with Crippen molar-refractivity contribution >= 4 is 5.69 Å². The molecule has 0 radical (unpaired) electrons. The molecule has 0 spiro atoms. The Morgan fingerprint density at radius 1 is 1.42 bits per heavy atom. The molecule has 1 aliphatic rings. The summed E-state index contributed by atoms with van der Waals surface area (Å²) in [6.45, 7) is 3.32. The third-order valence-electron chi connectivity index (χ3n) is 1.83. The summed E-state index contributed by atoms with van der Waals surface area (Å²) in [4.78, 5) is 0. The number of rotatable bonds is 3. The Bertz CT molecular complexity index is 275. The standard InChI is InChI=1S/C9H11NO.ClH/c1-2-6-10-7-4-3-5-8-9(7)11-8;/h3-5,10H,2,6H2,1H3;1H. The van der Waals surface area contributed by atoms with Crippen LogP contribution in [0.4, 0.5) is 5.69 Å². The highest BCUT2D eigenvalue weighted by Gasteiger charge is 2.26. The maximum atomic E-state index is 5.23. The zero-order valence-corrected chi connectivity index (χ0v) is 7.77. The smallest absolute Gasteiger partial charge is 0.230 e. The van der Waals surface area contributed by atoms with Crippen LogP contribution in [0.5, 0.6) is 11.5 Å².